The number of carbonyl (C=O) groups is 2. The zero-order valence-corrected chi connectivity index (χ0v) is 13.2. The van der Waals surface area contributed by atoms with Gasteiger partial charge in [0, 0.05) is 19.0 Å². The van der Waals surface area contributed by atoms with Crippen molar-refractivity contribution in [1.82, 2.24) is 10.6 Å². The van der Waals surface area contributed by atoms with Crippen LogP contribution in [0.1, 0.15) is 59.8 Å². The Morgan fingerprint density at radius 2 is 1.75 bits per heavy atom. The Kier molecular flexibility index (Phi) is 9.86. The summed E-state index contributed by atoms with van der Waals surface area (Å²) in [5, 5.41) is 14.3. The van der Waals surface area contributed by atoms with Gasteiger partial charge in [-0.05, 0) is 38.0 Å². The number of urea groups is 1. The van der Waals surface area contributed by atoms with Gasteiger partial charge in [0.15, 0.2) is 0 Å². The standard InChI is InChI=1S/C15H30N2O3/c1-5-11(2)10-13(4)17-15(20)16-9-8-12(3)6-7-14(18)19/h11-13H,5-10H2,1-4H3,(H,18,19)(H2,16,17,20). The summed E-state index contributed by atoms with van der Waals surface area (Å²) in [5.41, 5.74) is 0. The molecule has 0 aliphatic rings. The van der Waals surface area contributed by atoms with Crippen molar-refractivity contribution < 1.29 is 14.7 Å². The number of carbonyl (C=O) groups excluding carboxylic acids is 1. The van der Waals surface area contributed by atoms with Gasteiger partial charge in [0.1, 0.15) is 0 Å². The first-order valence-corrected chi connectivity index (χ1v) is 7.61. The quantitative estimate of drug-likeness (QED) is 0.577. The smallest absolute Gasteiger partial charge is 0.314 e. The summed E-state index contributed by atoms with van der Waals surface area (Å²) in [6, 6.07) is 0.0422. The molecule has 3 atom stereocenters. The van der Waals surface area contributed by atoms with Crippen LogP contribution in [0.2, 0.25) is 0 Å². The summed E-state index contributed by atoms with van der Waals surface area (Å²) < 4.78 is 0. The SMILES string of the molecule is CCC(C)CC(C)NC(=O)NCCC(C)CCC(=O)O. The molecule has 5 heteroatoms. The Morgan fingerprint density at radius 3 is 2.30 bits per heavy atom. The van der Waals surface area contributed by atoms with Crippen molar-refractivity contribution in [3.8, 4) is 0 Å². The number of carboxylic acids is 1. The number of hydrogen-bond donors (Lipinski definition) is 3. The lowest BCUT2D eigenvalue weighted by molar-refractivity contribution is -0.137. The Morgan fingerprint density at radius 1 is 1.10 bits per heavy atom. The number of amides is 2. The molecule has 3 N–H and O–H groups in total. The van der Waals surface area contributed by atoms with Crippen LogP contribution in [0, 0.1) is 11.8 Å². The highest BCUT2D eigenvalue weighted by Crippen LogP contribution is 2.10. The van der Waals surface area contributed by atoms with Crippen LogP contribution in [0.25, 0.3) is 0 Å². The van der Waals surface area contributed by atoms with Gasteiger partial charge in [-0.25, -0.2) is 4.79 Å². The molecule has 0 aromatic rings. The van der Waals surface area contributed by atoms with Crippen LogP contribution in [0.5, 0.6) is 0 Å². The summed E-state index contributed by atoms with van der Waals surface area (Å²) in [6.45, 7) is 8.94. The molecule has 0 fully saturated rings. The first kappa shape index (κ1) is 18.7. The maximum absolute atomic E-state index is 11.7. The molecule has 0 aliphatic heterocycles. The predicted molar refractivity (Wildman–Crippen MR) is 80.7 cm³/mol. The maximum Gasteiger partial charge on any atom is 0.314 e. The second-order valence-corrected chi connectivity index (χ2v) is 5.88. The van der Waals surface area contributed by atoms with E-state index in [1.807, 2.05) is 13.8 Å². The minimum absolute atomic E-state index is 0.133. The van der Waals surface area contributed by atoms with Crippen LogP contribution in [0.3, 0.4) is 0 Å². The van der Waals surface area contributed by atoms with Gasteiger partial charge in [-0.1, -0.05) is 27.2 Å². The summed E-state index contributed by atoms with van der Waals surface area (Å²) in [5.74, 6) is 0.159. The lowest BCUT2D eigenvalue weighted by Crippen LogP contribution is -2.41. The summed E-state index contributed by atoms with van der Waals surface area (Å²) in [7, 11) is 0. The third-order valence-corrected chi connectivity index (χ3v) is 3.60. The zero-order valence-electron chi connectivity index (χ0n) is 13.2. The molecule has 0 aromatic heterocycles. The van der Waals surface area contributed by atoms with Crippen molar-refractivity contribution in [2.24, 2.45) is 11.8 Å². The largest absolute Gasteiger partial charge is 0.481 e. The third kappa shape index (κ3) is 10.6. The van der Waals surface area contributed by atoms with Gasteiger partial charge in [0.25, 0.3) is 0 Å². The van der Waals surface area contributed by atoms with E-state index in [2.05, 4.69) is 24.5 Å². The number of carboxylic acid groups (broad SMARTS) is 1. The Bertz CT molecular complexity index is 295. The van der Waals surface area contributed by atoms with E-state index in [4.69, 9.17) is 5.11 Å². The van der Waals surface area contributed by atoms with Crippen LogP contribution < -0.4 is 10.6 Å². The van der Waals surface area contributed by atoms with Crippen molar-refractivity contribution in [2.45, 2.75) is 65.8 Å². The number of rotatable bonds is 10. The molecule has 2 amide bonds. The topological polar surface area (TPSA) is 78.4 Å². The summed E-state index contributed by atoms with van der Waals surface area (Å²) in [6.07, 6.45) is 3.76. The molecule has 20 heavy (non-hydrogen) atoms. The van der Waals surface area contributed by atoms with Gasteiger partial charge >= 0.3 is 12.0 Å². The minimum atomic E-state index is -0.763. The molecule has 0 saturated heterocycles. The molecule has 0 aliphatic carbocycles. The van der Waals surface area contributed by atoms with Gasteiger partial charge in [0.2, 0.25) is 0 Å². The van der Waals surface area contributed by atoms with Crippen molar-refractivity contribution >= 4 is 12.0 Å². The lowest BCUT2D eigenvalue weighted by Gasteiger charge is -2.18. The Hall–Kier alpha value is -1.26. The van der Waals surface area contributed by atoms with Gasteiger partial charge < -0.3 is 15.7 Å². The summed E-state index contributed by atoms with van der Waals surface area (Å²) >= 11 is 0. The van der Waals surface area contributed by atoms with Crippen LogP contribution in [0.15, 0.2) is 0 Å². The molecule has 0 bridgehead atoms. The number of nitrogens with one attached hydrogen (secondary N) is 2. The molecule has 5 nitrogen and oxygen atoms in total. The number of aliphatic carboxylic acids is 1. The minimum Gasteiger partial charge on any atom is -0.481 e. The highest BCUT2D eigenvalue weighted by atomic mass is 16.4. The fourth-order valence-corrected chi connectivity index (χ4v) is 2.05. The first-order chi connectivity index (χ1) is 9.35. The normalized spacial score (nSPS) is 15.2. The Labute approximate surface area is 122 Å². The zero-order chi connectivity index (χ0) is 15.5. The van der Waals surface area contributed by atoms with Gasteiger partial charge in [-0.3, -0.25) is 4.79 Å². The molecule has 0 spiro atoms. The van der Waals surface area contributed by atoms with E-state index >= 15 is 0 Å². The van der Waals surface area contributed by atoms with Crippen LogP contribution in [-0.2, 0) is 4.79 Å². The van der Waals surface area contributed by atoms with Crippen LogP contribution >= 0.6 is 0 Å². The van der Waals surface area contributed by atoms with E-state index in [1.54, 1.807) is 0 Å². The molecular formula is C15H30N2O3. The van der Waals surface area contributed by atoms with E-state index in [0.717, 1.165) is 19.3 Å². The molecule has 118 valence electrons. The van der Waals surface area contributed by atoms with Gasteiger partial charge in [0.05, 0.1) is 0 Å². The average molecular weight is 286 g/mol. The molecular weight excluding hydrogens is 256 g/mol. The molecule has 0 heterocycles. The Balaban J connectivity index is 3.69. The van der Waals surface area contributed by atoms with Crippen LogP contribution in [0.4, 0.5) is 4.79 Å². The molecule has 0 saturated carbocycles. The maximum atomic E-state index is 11.7. The van der Waals surface area contributed by atoms with Crippen molar-refractivity contribution in [1.29, 1.82) is 0 Å². The highest BCUT2D eigenvalue weighted by molar-refractivity contribution is 5.74. The third-order valence-electron chi connectivity index (χ3n) is 3.60. The van der Waals surface area contributed by atoms with E-state index in [-0.39, 0.29) is 18.5 Å². The summed E-state index contributed by atoms with van der Waals surface area (Å²) in [4.78, 5) is 22.1. The van der Waals surface area contributed by atoms with E-state index in [9.17, 15) is 9.59 Å². The fraction of sp³-hybridized carbons (Fsp3) is 0.867. The second-order valence-electron chi connectivity index (χ2n) is 5.88. The van der Waals surface area contributed by atoms with Crippen molar-refractivity contribution in [3.05, 3.63) is 0 Å². The second kappa shape index (κ2) is 10.5. The van der Waals surface area contributed by atoms with Crippen molar-refractivity contribution in [3.63, 3.8) is 0 Å². The average Bonchev–Trinajstić information content (AvgIpc) is 2.35. The predicted octanol–water partition coefficient (Wildman–Crippen LogP) is 3.00. The first-order valence-electron chi connectivity index (χ1n) is 7.61. The van der Waals surface area contributed by atoms with Gasteiger partial charge in [-0.15, -0.1) is 0 Å². The van der Waals surface area contributed by atoms with E-state index in [0.29, 0.717) is 24.8 Å². The molecule has 0 aromatic carbocycles. The van der Waals surface area contributed by atoms with Crippen LogP contribution in [-0.4, -0.2) is 29.7 Å². The number of hydrogen-bond acceptors (Lipinski definition) is 2. The molecule has 0 radical (unpaired) electrons. The highest BCUT2D eigenvalue weighted by Gasteiger charge is 2.10. The lowest BCUT2D eigenvalue weighted by atomic mass is 10.0. The molecule has 0 rings (SSSR count). The molecule has 3 unspecified atom stereocenters. The van der Waals surface area contributed by atoms with E-state index < -0.39 is 5.97 Å². The van der Waals surface area contributed by atoms with E-state index in [1.165, 1.54) is 0 Å². The monoisotopic (exact) mass is 286 g/mol. The van der Waals surface area contributed by atoms with Gasteiger partial charge in [-0.2, -0.15) is 0 Å². The van der Waals surface area contributed by atoms with Crippen molar-refractivity contribution in [2.75, 3.05) is 6.54 Å². The fourth-order valence-electron chi connectivity index (χ4n) is 2.05.